The van der Waals surface area contributed by atoms with E-state index < -0.39 is 166 Å². The van der Waals surface area contributed by atoms with E-state index in [0.717, 1.165) is 19.1 Å². The summed E-state index contributed by atoms with van der Waals surface area (Å²) < 4.78 is 15.9. The van der Waals surface area contributed by atoms with Gasteiger partial charge >= 0.3 is 25.7 Å². The molecule has 0 saturated carbocycles. The maximum Gasteiger partial charge on any atom is 0.524 e. The number of aliphatic hydroxyl groups is 1. The second-order valence-corrected chi connectivity index (χ2v) is 18.6. The number of carbonyl (C=O) groups is 11. The number of hydrogen-bond donors (Lipinski definition) is 16. The number of carboxylic acid groups (broad SMARTS) is 3. The second kappa shape index (κ2) is 32.0. The van der Waals surface area contributed by atoms with E-state index >= 15 is 0 Å². The third-order valence-electron chi connectivity index (χ3n) is 11.1. The lowest BCUT2D eigenvalue weighted by molar-refractivity contribution is -0.142. The Kier molecular flexibility index (Phi) is 27.2. The first-order valence-electron chi connectivity index (χ1n) is 23.7. The Labute approximate surface area is 435 Å². The van der Waals surface area contributed by atoms with Crippen LogP contribution < -0.4 is 58.9 Å². The number of phosphoric acid groups is 1. The van der Waals surface area contributed by atoms with Crippen molar-refractivity contribution in [3.05, 3.63) is 65.7 Å². The van der Waals surface area contributed by atoms with Crippen molar-refractivity contribution in [3.8, 4) is 5.75 Å². The van der Waals surface area contributed by atoms with Gasteiger partial charge in [0.15, 0.2) is 0 Å². The van der Waals surface area contributed by atoms with E-state index in [1.807, 2.05) is 0 Å². The minimum atomic E-state index is -4.96. The quantitative estimate of drug-likeness (QED) is 0.0233. The molecule has 0 fully saturated rings. The van der Waals surface area contributed by atoms with E-state index in [-0.39, 0.29) is 43.5 Å². The molecule has 76 heavy (non-hydrogen) atoms. The van der Waals surface area contributed by atoms with Crippen molar-refractivity contribution in [3.63, 3.8) is 0 Å². The summed E-state index contributed by atoms with van der Waals surface area (Å²) in [7, 11) is -4.96. The number of primary amides is 1. The molecule has 19 N–H and O–H groups in total. The molecule has 0 saturated heterocycles. The monoisotopic (exact) mass is 1090 g/mol. The van der Waals surface area contributed by atoms with Gasteiger partial charge in [-0.05, 0) is 82.2 Å². The Morgan fingerprint density at radius 1 is 0.539 bits per heavy atom. The highest BCUT2D eigenvalue weighted by Crippen LogP contribution is 2.37. The minimum Gasteiger partial charge on any atom is -0.481 e. The largest absolute Gasteiger partial charge is 0.524 e. The van der Waals surface area contributed by atoms with Crippen LogP contribution in [-0.2, 0) is 70.1 Å². The number of amides is 8. The summed E-state index contributed by atoms with van der Waals surface area (Å²) in [6.45, 7) is 2.58. The average Bonchev–Trinajstić information content (AvgIpc) is 3.34. The van der Waals surface area contributed by atoms with Crippen LogP contribution in [0.2, 0.25) is 0 Å². The third kappa shape index (κ3) is 24.6. The number of carbonyl (C=O) groups excluding carboxylic acids is 8. The number of nitrogens with two attached hydrogens (primary N) is 3. The van der Waals surface area contributed by atoms with Gasteiger partial charge in [-0.25, -0.2) is 4.57 Å². The number of hydrogen-bond acceptors (Lipinski definition) is 16. The van der Waals surface area contributed by atoms with Gasteiger partial charge in [-0.15, -0.1) is 0 Å². The molecule has 0 aliphatic rings. The number of nitrogens with one attached hydrogen (secondary N) is 7. The molecule has 420 valence electrons. The summed E-state index contributed by atoms with van der Waals surface area (Å²) in [5, 5.41) is 55.0. The fraction of sp³-hybridized carbons (Fsp3) is 0.500. The standard InChI is InChI=1S/C46H67N10O19P/c1-24(46(70)71)50-43(67)33(23-27-11-13-28(14-12-27)75-76(72,73)74)56-44(68)34(22-26-8-4-3-5-9-26)55-42(66)32(17-20-37(61)62)53-41(65)31(16-19-36(59)60)52-40(64)30(15-18-35(48)58)51-39(63)29(10-6-7-21-47)54-45(69)38(49)25(2)57/h3-5,8-9,11-14,24-25,29-34,38,57H,6-7,10,15-23,47,49H2,1-2H3,(H2,48,58)(H,50,67)(H,51,63)(H,52,64)(H,53,65)(H,54,69)(H,55,66)(H,56,68)(H,59,60)(H,61,62)(H,70,71)(H2,72,73,74)/t24-,25+,29-,30-,31-,32-,33-,34-,38-/m0/s1. The lowest BCUT2D eigenvalue weighted by atomic mass is 10.0. The Balaban J connectivity index is 2.55. The molecule has 0 aromatic heterocycles. The van der Waals surface area contributed by atoms with Gasteiger partial charge in [-0.3, -0.25) is 62.5 Å². The van der Waals surface area contributed by atoms with Crippen LogP contribution in [0.4, 0.5) is 0 Å². The molecular formula is C46H67N10O19P. The number of phosphoric ester groups is 1. The van der Waals surface area contributed by atoms with Crippen molar-refractivity contribution < 1.29 is 92.0 Å². The summed E-state index contributed by atoms with van der Waals surface area (Å²) in [5.41, 5.74) is 17.3. The number of rotatable bonds is 35. The van der Waals surface area contributed by atoms with Gasteiger partial charge < -0.3 is 79.4 Å². The molecule has 2 aromatic carbocycles. The second-order valence-electron chi connectivity index (χ2n) is 17.5. The number of benzene rings is 2. The first kappa shape index (κ1) is 64.6. The van der Waals surface area contributed by atoms with E-state index in [2.05, 4.69) is 41.7 Å². The van der Waals surface area contributed by atoms with Gasteiger partial charge in [-0.1, -0.05) is 42.5 Å². The molecule has 0 aliphatic heterocycles. The molecule has 29 nitrogen and oxygen atoms in total. The molecule has 0 spiro atoms. The van der Waals surface area contributed by atoms with Gasteiger partial charge in [0.05, 0.1) is 6.10 Å². The zero-order valence-electron chi connectivity index (χ0n) is 41.5. The first-order chi connectivity index (χ1) is 35.6. The van der Waals surface area contributed by atoms with E-state index in [0.29, 0.717) is 12.0 Å². The van der Waals surface area contributed by atoms with Gasteiger partial charge in [0.25, 0.3) is 0 Å². The zero-order chi connectivity index (χ0) is 57.3. The summed E-state index contributed by atoms with van der Waals surface area (Å²) in [6.07, 6.45) is -5.29. The topological polar surface area (TPSA) is 498 Å². The molecule has 0 radical (unpaired) electrons. The molecule has 9 atom stereocenters. The summed E-state index contributed by atoms with van der Waals surface area (Å²) in [4.78, 5) is 162. The minimum absolute atomic E-state index is 0.0405. The Morgan fingerprint density at radius 3 is 1.32 bits per heavy atom. The van der Waals surface area contributed by atoms with Crippen LogP contribution in [0.5, 0.6) is 5.75 Å². The maximum absolute atomic E-state index is 14.2. The molecule has 0 aliphatic carbocycles. The highest BCUT2D eigenvalue weighted by Gasteiger charge is 2.35. The molecule has 0 heterocycles. The molecule has 30 heteroatoms. The van der Waals surface area contributed by atoms with Gasteiger partial charge in [0.2, 0.25) is 47.3 Å². The highest BCUT2D eigenvalue weighted by atomic mass is 31.2. The van der Waals surface area contributed by atoms with Crippen molar-refractivity contribution in [1.82, 2.24) is 37.2 Å². The van der Waals surface area contributed by atoms with Crippen LogP contribution in [-0.4, -0.2) is 156 Å². The summed E-state index contributed by atoms with van der Waals surface area (Å²) >= 11 is 0. The fourth-order valence-electron chi connectivity index (χ4n) is 6.94. The zero-order valence-corrected chi connectivity index (χ0v) is 42.4. The van der Waals surface area contributed by atoms with Crippen LogP contribution in [0.3, 0.4) is 0 Å². The van der Waals surface area contributed by atoms with Gasteiger partial charge in [-0.2, -0.15) is 0 Å². The molecule has 2 rings (SSSR count). The highest BCUT2D eigenvalue weighted by molar-refractivity contribution is 7.46. The molecule has 8 amide bonds. The summed E-state index contributed by atoms with van der Waals surface area (Å²) in [5.74, 6) is -13.2. The van der Waals surface area contributed by atoms with Crippen molar-refractivity contribution in [2.45, 2.75) is 139 Å². The SMILES string of the molecule is C[C@H](NC(=O)[C@H](Cc1ccc(OP(=O)(O)O)cc1)NC(=O)[C@H](Cc1ccccc1)NC(=O)[C@H](CCC(=O)O)NC(=O)[C@H](CCC(=O)O)NC(=O)[C@H](CCC(N)=O)NC(=O)[C@H](CCCCN)NC(=O)[C@@H](N)[C@@H](C)O)C(=O)O. The van der Waals surface area contributed by atoms with Gasteiger partial charge in [0, 0.05) is 32.1 Å². The van der Waals surface area contributed by atoms with E-state index in [1.165, 1.54) is 19.1 Å². The van der Waals surface area contributed by atoms with E-state index in [9.17, 15) is 87.5 Å². The van der Waals surface area contributed by atoms with Crippen LogP contribution >= 0.6 is 7.82 Å². The molecular weight excluding hydrogens is 1030 g/mol. The van der Waals surface area contributed by atoms with E-state index in [4.69, 9.17) is 17.2 Å². The lowest BCUT2D eigenvalue weighted by Crippen LogP contribution is -2.60. The number of unbranched alkanes of at least 4 members (excludes halogenated alkanes) is 1. The predicted molar refractivity (Wildman–Crippen MR) is 265 cm³/mol. The average molecular weight is 1100 g/mol. The fourth-order valence-corrected chi connectivity index (χ4v) is 7.34. The Morgan fingerprint density at radius 2 is 0.921 bits per heavy atom. The maximum atomic E-state index is 14.2. The number of carboxylic acids is 3. The number of aliphatic hydroxyl groups excluding tert-OH is 1. The van der Waals surface area contributed by atoms with Crippen molar-refractivity contribution in [2.24, 2.45) is 17.2 Å². The van der Waals surface area contributed by atoms with E-state index in [1.54, 1.807) is 30.3 Å². The lowest BCUT2D eigenvalue weighted by Gasteiger charge is -2.28. The molecule has 0 bridgehead atoms. The summed E-state index contributed by atoms with van der Waals surface area (Å²) in [6, 6.07) is -0.0979. The third-order valence-corrected chi connectivity index (χ3v) is 11.6. The first-order valence-corrected chi connectivity index (χ1v) is 25.2. The molecule has 2 aromatic rings. The van der Waals surface area contributed by atoms with Crippen LogP contribution in [0.1, 0.15) is 82.8 Å². The smallest absolute Gasteiger partial charge is 0.481 e. The number of aliphatic carboxylic acids is 3. The van der Waals surface area contributed by atoms with Crippen molar-refractivity contribution in [2.75, 3.05) is 6.54 Å². The molecule has 0 unspecified atom stereocenters. The van der Waals surface area contributed by atoms with Gasteiger partial charge in [0.1, 0.15) is 54.1 Å². The predicted octanol–water partition coefficient (Wildman–Crippen LogP) is -3.73. The van der Waals surface area contributed by atoms with Crippen LogP contribution in [0, 0.1) is 0 Å². The Bertz CT molecular complexity index is 2390. The van der Waals surface area contributed by atoms with Crippen molar-refractivity contribution in [1.29, 1.82) is 0 Å². The Hall–Kier alpha value is -7.56. The van der Waals surface area contributed by atoms with Crippen LogP contribution in [0.15, 0.2) is 54.6 Å². The normalized spacial score (nSPS) is 14.7. The van der Waals surface area contributed by atoms with Crippen molar-refractivity contribution >= 4 is 73.0 Å². The van der Waals surface area contributed by atoms with Crippen LogP contribution in [0.25, 0.3) is 0 Å².